The van der Waals surface area contributed by atoms with Crippen LogP contribution in [-0.4, -0.2) is 18.2 Å². The zero-order valence-electron chi connectivity index (χ0n) is 14.8. The van der Waals surface area contributed by atoms with E-state index in [1.807, 2.05) is 53.7 Å². The molecule has 22 heavy (non-hydrogen) atoms. The molecule has 0 aromatic heterocycles. The molecular weight excluding hydrogens is 278 g/mol. The molecule has 0 unspecified atom stereocenters. The Kier molecular flexibility index (Phi) is 5.29. The fourth-order valence-electron chi connectivity index (χ4n) is 2.40. The summed E-state index contributed by atoms with van der Waals surface area (Å²) in [4.78, 5) is 11.5. The number of ether oxygens (including phenoxy) is 1. The van der Waals surface area contributed by atoms with Gasteiger partial charge in [-0.1, -0.05) is 41.5 Å². The van der Waals surface area contributed by atoms with Crippen LogP contribution in [0.4, 0.5) is 0 Å². The highest BCUT2D eigenvalue weighted by atomic mass is 16.5. The molecule has 3 N–H and O–H groups in total. The highest BCUT2D eigenvalue weighted by Gasteiger charge is 2.27. The van der Waals surface area contributed by atoms with E-state index in [4.69, 9.17) is 10.5 Å². The molecule has 4 heteroatoms. The highest BCUT2D eigenvalue weighted by Crippen LogP contribution is 2.40. The van der Waals surface area contributed by atoms with E-state index >= 15 is 0 Å². The fourth-order valence-corrected chi connectivity index (χ4v) is 2.40. The van der Waals surface area contributed by atoms with Crippen molar-refractivity contribution >= 4 is 5.97 Å². The van der Waals surface area contributed by atoms with Crippen molar-refractivity contribution in [2.75, 3.05) is 7.11 Å². The number of phenolic OH excluding ortho intramolecular Hbond substituents is 1. The van der Waals surface area contributed by atoms with E-state index in [0.29, 0.717) is 5.75 Å². The van der Waals surface area contributed by atoms with Gasteiger partial charge in [0.1, 0.15) is 5.75 Å². The number of carbonyl (C=O) groups is 1. The third kappa shape index (κ3) is 4.23. The van der Waals surface area contributed by atoms with Crippen LogP contribution in [0.3, 0.4) is 0 Å². The Balaban J connectivity index is 3.44. The van der Waals surface area contributed by atoms with Gasteiger partial charge in [0.25, 0.3) is 0 Å². The first-order valence-electron chi connectivity index (χ1n) is 7.58. The van der Waals surface area contributed by atoms with E-state index in [1.54, 1.807) is 0 Å². The molecule has 1 atom stereocenters. The number of aromatic hydroxyl groups is 1. The first-order chi connectivity index (χ1) is 9.87. The first-order valence-corrected chi connectivity index (χ1v) is 7.58. The Labute approximate surface area is 133 Å². The number of esters is 1. The summed E-state index contributed by atoms with van der Waals surface area (Å²) in [5, 5.41) is 10.7. The number of nitrogens with two attached hydrogens (primary N) is 1. The minimum absolute atomic E-state index is 0.119. The van der Waals surface area contributed by atoms with E-state index in [9.17, 15) is 9.90 Å². The molecule has 1 aromatic carbocycles. The van der Waals surface area contributed by atoms with Gasteiger partial charge < -0.3 is 15.6 Å². The lowest BCUT2D eigenvalue weighted by Gasteiger charge is -2.29. The molecule has 124 valence electrons. The number of rotatable bonds is 3. The lowest BCUT2D eigenvalue weighted by Crippen LogP contribution is -2.21. The van der Waals surface area contributed by atoms with Gasteiger partial charge in [0.2, 0.25) is 0 Å². The van der Waals surface area contributed by atoms with Crippen molar-refractivity contribution < 1.29 is 14.6 Å². The van der Waals surface area contributed by atoms with Crippen molar-refractivity contribution in [3.8, 4) is 5.75 Å². The van der Waals surface area contributed by atoms with Crippen molar-refractivity contribution in [1.82, 2.24) is 0 Å². The van der Waals surface area contributed by atoms with Crippen molar-refractivity contribution in [1.29, 1.82) is 0 Å². The minimum atomic E-state index is -0.449. The third-order valence-corrected chi connectivity index (χ3v) is 3.79. The molecule has 0 bridgehead atoms. The van der Waals surface area contributed by atoms with Crippen LogP contribution in [0.5, 0.6) is 5.75 Å². The second-order valence-corrected chi connectivity index (χ2v) is 7.85. The molecule has 0 aliphatic carbocycles. The monoisotopic (exact) mass is 307 g/mol. The van der Waals surface area contributed by atoms with Gasteiger partial charge in [-0.15, -0.1) is 0 Å². The second kappa shape index (κ2) is 6.29. The van der Waals surface area contributed by atoms with Gasteiger partial charge in [-0.2, -0.15) is 0 Å². The smallest absolute Gasteiger partial charge is 0.307 e. The van der Waals surface area contributed by atoms with Crippen LogP contribution in [0.25, 0.3) is 0 Å². The van der Waals surface area contributed by atoms with Gasteiger partial charge in [0.05, 0.1) is 13.5 Å². The Bertz CT molecular complexity index is 515. The predicted molar refractivity (Wildman–Crippen MR) is 89.1 cm³/mol. The van der Waals surface area contributed by atoms with Gasteiger partial charge in [-0.05, 0) is 39.7 Å². The average Bonchev–Trinajstić information content (AvgIpc) is 2.35. The van der Waals surface area contributed by atoms with Crippen molar-refractivity contribution in [2.45, 2.75) is 64.8 Å². The lowest BCUT2D eigenvalue weighted by molar-refractivity contribution is -0.141. The van der Waals surface area contributed by atoms with Crippen LogP contribution in [0.2, 0.25) is 0 Å². The Morgan fingerprint density at radius 3 is 1.86 bits per heavy atom. The van der Waals surface area contributed by atoms with Gasteiger partial charge in [-0.25, -0.2) is 0 Å². The Hall–Kier alpha value is -1.55. The van der Waals surface area contributed by atoms with E-state index in [1.165, 1.54) is 7.11 Å². The molecule has 0 saturated carbocycles. The van der Waals surface area contributed by atoms with E-state index in [2.05, 4.69) is 0 Å². The van der Waals surface area contributed by atoms with Crippen molar-refractivity contribution in [3.05, 3.63) is 28.8 Å². The number of hydrogen-bond acceptors (Lipinski definition) is 4. The van der Waals surface area contributed by atoms with E-state index in [-0.39, 0.29) is 23.2 Å². The molecule has 0 saturated heterocycles. The van der Waals surface area contributed by atoms with Crippen LogP contribution in [0.15, 0.2) is 12.1 Å². The van der Waals surface area contributed by atoms with Gasteiger partial charge >= 0.3 is 5.97 Å². The van der Waals surface area contributed by atoms with Crippen molar-refractivity contribution in [2.24, 2.45) is 5.73 Å². The molecule has 0 aliphatic heterocycles. The Morgan fingerprint density at radius 1 is 1.14 bits per heavy atom. The number of hydrogen-bond donors (Lipinski definition) is 2. The minimum Gasteiger partial charge on any atom is -0.507 e. The zero-order valence-corrected chi connectivity index (χ0v) is 14.8. The topological polar surface area (TPSA) is 72.5 Å². The van der Waals surface area contributed by atoms with Gasteiger partial charge in [0.15, 0.2) is 0 Å². The highest BCUT2D eigenvalue weighted by molar-refractivity contribution is 5.70. The molecule has 0 fully saturated rings. The molecule has 1 rings (SSSR count). The number of phenols is 1. The molecule has 0 amide bonds. The van der Waals surface area contributed by atoms with Crippen LogP contribution in [0.1, 0.15) is 70.7 Å². The van der Waals surface area contributed by atoms with Crippen molar-refractivity contribution in [3.63, 3.8) is 0 Å². The van der Waals surface area contributed by atoms with Crippen LogP contribution < -0.4 is 5.73 Å². The SMILES string of the molecule is COC(=O)C[C@H](N)c1cc(C(C)(C)C)c(O)c(C(C)(C)C)c1. The summed E-state index contributed by atoms with van der Waals surface area (Å²) in [5.74, 6) is -0.0239. The standard InChI is InChI=1S/C18H29NO3/c1-17(2,3)12-8-11(14(19)10-15(20)22-7)9-13(16(12)21)18(4,5)6/h8-9,14,21H,10,19H2,1-7H3/t14-/m0/s1. The Morgan fingerprint density at radius 2 is 1.55 bits per heavy atom. The average molecular weight is 307 g/mol. The molecular formula is C18H29NO3. The zero-order chi connectivity index (χ0) is 17.3. The summed E-state index contributed by atoms with van der Waals surface area (Å²) in [6.07, 6.45) is 0.119. The van der Waals surface area contributed by atoms with Crippen LogP contribution in [0, 0.1) is 0 Å². The summed E-state index contributed by atoms with van der Waals surface area (Å²) in [6.45, 7) is 12.3. The molecule has 0 spiro atoms. The summed E-state index contributed by atoms with van der Waals surface area (Å²) in [7, 11) is 1.35. The second-order valence-electron chi connectivity index (χ2n) is 7.85. The largest absolute Gasteiger partial charge is 0.507 e. The first kappa shape index (κ1) is 18.5. The van der Waals surface area contributed by atoms with Gasteiger partial charge in [-0.3, -0.25) is 4.79 Å². The maximum absolute atomic E-state index is 11.5. The normalized spacial score (nSPS) is 13.8. The van der Waals surface area contributed by atoms with E-state index in [0.717, 1.165) is 16.7 Å². The maximum Gasteiger partial charge on any atom is 0.307 e. The summed E-state index contributed by atoms with van der Waals surface area (Å²) >= 11 is 0. The quantitative estimate of drug-likeness (QED) is 0.838. The summed E-state index contributed by atoms with van der Waals surface area (Å²) in [6, 6.07) is 3.35. The van der Waals surface area contributed by atoms with E-state index < -0.39 is 6.04 Å². The fraction of sp³-hybridized carbons (Fsp3) is 0.611. The molecule has 4 nitrogen and oxygen atoms in total. The lowest BCUT2D eigenvalue weighted by atomic mass is 9.77. The molecule has 0 radical (unpaired) electrons. The predicted octanol–water partition coefficient (Wildman–Crippen LogP) is 3.55. The molecule has 0 aliphatic rings. The van der Waals surface area contributed by atoms with Crippen LogP contribution in [-0.2, 0) is 20.4 Å². The summed E-state index contributed by atoms with van der Waals surface area (Å²) in [5.41, 5.74) is 8.26. The van der Waals surface area contributed by atoms with Gasteiger partial charge in [0, 0.05) is 6.04 Å². The number of carbonyl (C=O) groups excluding carboxylic acids is 1. The number of benzene rings is 1. The maximum atomic E-state index is 11.5. The number of methoxy groups -OCH3 is 1. The van der Waals surface area contributed by atoms with Crippen LogP contribution >= 0.6 is 0 Å². The third-order valence-electron chi connectivity index (χ3n) is 3.79. The molecule has 0 heterocycles. The molecule has 1 aromatic rings. The summed E-state index contributed by atoms with van der Waals surface area (Å²) < 4.78 is 4.69.